The van der Waals surface area contributed by atoms with Gasteiger partial charge in [-0.15, -0.1) is 11.3 Å². The lowest BCUT2D eigenvalue weighted by Crippen LogP contribution is -1.82. The highest BCUT2D eigenvalue weighted by Crippen LogP contribution is 2.26. The molecule has 2 N–H and O–H groups in total. The number of halogens is 1. The summed E-state index contributed by atoms with van der Waals surface area (Å²) in [4.78, 5) is 4.29. The van der Waals surface area contributed by atoms with Crippen LogP contribution in [0.15, 0.2) is 30.5 Å². The van der Waals surface area contributed by atoms with E-state index in [0.717, 1.165) is 16.3 Å². The number of nitrogen functional groups attached to an aromatic ring is 1. The fourth-order valence-electron chi connectivity index (χ4n) is 1.01. The van der Waals surface area contributed by atoms with E-state index in [0.29, 0.717) is 0 Å². The zero-order chi connectivity index (χ0) is 9.26. The minimum atomic E-state index is 0.787. The summed E-state index contributed by atoms with van der Waals surface area (Å²) in [5.41, 5.74) is 7.51. The minimum absolute atomic E-state index is 0.787. The zero-order valence-corrected chi connectivity index (χ0v) is 9.67. The number of nitrogens with zero attached hydrogens (tertiary/aromatic N) is 1. The highest BCUT2D eigenvalue weighted by molar-refractivity contribution is 14.1. The molecule has 1 heterocycles. The van der Waals surface area contributed by atoms with E-state index in [9.17, 15) is 0 Å². The molecule has 0 spiro atoms. The molecule has 0 bridgehead atoms. The third-order valence-corrected chi connectivity index (χ3v) is 3.41. The second-order valence-electron chi connectivity index (χ2n) is 2.59. The molecule has 0 saturated heterocycles. The highest BCUT2D eigenvalue weighted by Gasteiger charge is 2.01. The Hall–Kier alpha value is -0.620. The zero-order valence-electron chi connectivity index (χ0n) is 6.70. The molecule has 0 aliphatic carbocycles. The van der Waals surface area contributed by atoms with E-state index < -0.39 is 0 Å². The molecule has 0 amide bonds. The van der Waals surface area contributed by atoms with E-state index in [1.165, 1.54) is 2.88 Å². The van der Waals surface area contributed by atoms with Crippen LogP contribution in [0.25, 0.3) is 10.6 Å². The Morgan fingerprint density at radius 3 is 2.46 bits per heavy atom. The van der Waals surface area contributed by atoms with Gasteiger partial charge in [-0.25, -0.2) is 4.98 Å². The maximum absolute atomic E-state index is 5.59. The van der Waals surface area contributed by atoms with Crippen molar-refractivity contribution in [3.63, 3.8) is 0 Å². The normalized spacial score (nSPS) is 10.2. The van der Waals surface area contributed by atoms with Crippen LogP contribution in [-0.4, -0.2) is 4.98 Å². The highest BCUT2D eigenvalue weighted by atomic mass is 127. The van der Waals surface area contributed by atoms with E-state index >= 15 is 0 Å². The molecule has 66 valence electrons. The Kier molecular flexibility index (Phi) is 2.50. The monoisotopic (exact) mass is 302 g/mol. The lowest BCUT2D eigenvalue weighted by Gasteiger charge is -1.95. The Labute approximate surface area is 94.0 Å². The molecular formula is C9H7IN2S. The van der Waals surface area contributed by atoms with Gasteiger partial charge in [0.05, 0.1) is 9.08 Å². The fourth-order valence-corrected chi connectivity index (χ4v) is 2.43. The van der Waals surface area contributed by atoms with Crippen molar-refractivity contribution < 1.29 is 0 Å². The van der Waals surface area contributed by atoms with Crippen molar-refractivity contribution in [1.82, 2.24) is 4.98 Å². The summed E-state index contributed by atoms with van der Waals surface area (Å²) in [5.74, 6) is 0. The van der Waals surface area contributed by atoms with Crippen molar-refractivity contribution in [2.75, 3.05) is 5.73 Å². The predicted octanol–water partition coefficient (Wildman–Crippen LogP) is 3.00. The van der Waals surface area contributed by atoms with Crippen LogP contribution in [0, 0.1) is 2.88 Å². The van der Waals surface area contributed by atoms with Gasteiger partial charge >= 0.3 is 0 Å². The van der Waals surface area contributed by atoms with Gasteiger partial charge in [-0.2, -0.15) is 0 Å². The molecule has 0 aliphatic heterocycles. The van der Waals surface area contributed by atoms with Crippen LogP contribution in [0.1, 0.15) is 0 Å². The number of hydrogen-bond acceptors (Lipinski definition) is 3. The molecule has 0 aliphatic rings. The van der Waals surface area contributed by atoms with Gasteiger partial charge in [-0.3, -0.25) is 0 Å². The van der Waals surface area contributed by atoms with Gasteiger partial charge in [0.25, 0.3) is 0 Å². The quantitative estimate of drug-likeness (QED) is 0.649. The summed E-state index contributed by atoms with van der Waals surface area (Å²) in [6, 6.07) is 7.77. The van der Waals surface area contributed by atoms with Crippen LogP contribution in [0.3, 0.4) is 0 Å². The SMILES string of the molecule is Nc1ccc(-c2ncc(I)s2)cc1. The van der Waals surface area contributed by atoms with Gasteiger partial charge in [0.2, 0.25) is 0 Å². The third-order valence-electron chi connectivity index (χ3n) is 1.64. The average molecular weight is 302 g/mol. The van der Waals surface area contributed by atoms with Crippen molar-refractivity contribution in [1.29, 1.82) is 0 Å². The summed E-state index contributed by atoms with van der Waals surface area (Å²) in [6.45, 7) is 0. The topological polar surface area (TPSA) is 38.9 Å². The van der Waals surface area contributed by atoms with Crippen molar-refractivity contribution >= 4 is 39.6 Å². The first-order valence-electron chi connectivity index (χ1n) is 3.73. The Bertz CT molecular complexity index is 408. The van der Waals surface area contributed by atoms with Crippen LogP contribution >= 0.6 is 33.9 Å². The van der Waals surface area contributed by atoms with Crippen LogP contribution in [-0.2, 0) is 0 Å². The van der Waals surface area contributed by atoms with Crippen LogP contribution in [0.5, 0.6) is 0 Å². The Balaban J connectivity index is 2.41. The molecule has 2 rings (SSSR count). The first kappa shape index (κ1) is 8.96. The van der Waals surface area contributed by atoms with Gasteiger partial charge in [-0.1, -0.05) is 0 Å². The van der Waals surface area contributed by atoms with Crippen LogP contribution < -0.4 is 5.73 Å². The van der Waals surface area contributed by atoms with Crippen molar-refractivity contribution in [2.24, 2.45) is 0 Å². The fraction of sp³-hybridized carbons (Fsp3) is 0. The lowest BCUT2D eigenvalue weighted by molar-refractivity contribution is 1.41. The van der Waals surface area contributed by atoms with Gasteiger partial charge in [0.15, 0.2) is 0 Å². The molecule has 0 fully saturated rings. The van der Waals surface area contributed by atoms with E-state index in [2.05, 4.69) is 27.6 Å². The number of aromatic nitrogens is 1. The molecule has 13 heavy (non-hydrogen) atoms. The van der Waals surface area contributed by atoms with Gasteiger partial charge in [-0.05, 0) is 46.9 Å². The van der Waals surface area contributed by atoms with E-state index in [1.807, 2.05) is 30.5 Å². The Morgan fingerprint density at radius 1 is 1.23 bits per heavy atom. The average Bonchev–Trinajstić information content (AvgIpc) is 2.53. The standard InChI is InChI=1S/C9H7IN2S/c10-8-5-12-9(13-8)6-1-3-7(11)4-2-6/h1-5H,11H2. The van der Waals surface area contributed by atoms with Crippen molar-refractivity contribution in [3.8, 4) is 10.6 Å². The van der Waals surface area contributed by atoms with Crippen LogP contribution in [0.4, 0.5) is 5.69 Å². The second-order valence-corrected chi connectivity index (χ2v) is 5.52. The second kappa shape index (κ2) is 3.63. The summed E-state index contributed by atoms with van der Waals surface area (Å²) >= 11 is 3.95. The largest absolute Gasteiger partial charge is 0.399 e. The molecule has 4 heteroatoms. The van der Waals surface area contributed by atoms with Crippen LogP contribution in [0.2, 0.25) is 0 Å². The number of nitrogens with two attached hydrogens (primary N) is 1. The summed E-state index contributed by atoms with van der Waals surface area (Å²) in [6.07, 6.45) is 1.87. The molecule has 1 aromatic carbocycles. The van der Waals surface area contributed by atoms with Crippen molar-refractivity contribution in [3.05, 3.63) is 33.3 Å². The maximum atomic E-state index is 5.59. The van der Waals surface area contributed by atoms with E-state index in [1.54, 1.807) is 11.3 Å². The number of hydrogen-bond donors (Lipinski definition) is 1. The molecule has 2 nitrogen and oxygen atoms in total. The summed E-state index contributed by atoms with van der Waals surface area (Å²) in [5, 5.41) is 1.05. The lowest BCUT2D eigenvalue weighted by atomic mass is 10.2. The van der Waals surface area contributed by atoms with Gasteiger partial charge in [0.1, 0.15) is 5.01 Å². The summed E-state index contributed by atoms with van der Waals surface area (Å²) in [7, 11) is 0. The number of benzene rings is 1. The first-order chi connectivity index (χ1) is 6.25. The van der Waals surface area contributed by atoms with Gasteiger partial charge < -0.3 is 5.73 Å². The molecule has 0 unspecified atom stereocenters. The maximum Gasteiger partial charge on any atom is 0.124 e. The molecule has 0 radical (unpaired) electrons. The predicted molar refractivity (Wildman–Crippen MR) is 64.7 cm³/mol. The number of anilines is 1. The van der Waals surface area contributed by atoms with Crippen molar-refractivity contribution in [2.45, 2.75) is 0 Å². The summed E-state index contributed by atoms with van der Waals surface area (Å²) < 4.78 is 1.20. The molecule has 0 saturated carbocycles. The molecule has 1 aromatic heterocycles. The number of thiazole rings is 1. The number of rotatable bonds is 1. The Morgan fingerprint density at radius 2 is 1.92 bits per heavy atom. The van der Waals surface area contributed by atoms with Gasteiger partial charge in [0, 0.05) is 11.3 Å². The van der Waals surface area contributed by atoms with E-state index in [-0.39, 0.29) is 0 Å². The molecular weight excluding hydrogens is 295 g/mol. The molecule has 2 aromatic rings. The van der Waals surface area contributed by atoms with E-state index in [4.69, 9.17) is 5.73 Å². The third kappa shape index (κ3) is 2.00. The molecule has 0 atom stereocenters. The minimum Gasteiger partial charge on any atom is -0.399 e. The smallest absolute Gasteiger partial charge is 0.124 e. The first-order valence-corrected chi connectivity index (χ1v) is 5.62.